The number of nitrogens with two attached hydrogens (primary N) is 1. The van der Waals surface area contributed by atoms with Crippen LogP contribution < -0.4 is 15.8 Å². The zero-order valence-electron chi connectivity index (χ0n) is 13.8. The molecule has 0 spiro atoms. The molecule has 0 aliphatic carbocycles. The van der Waals surface area contributed by atoms with Gasteiger partial charge in [-0.3, -0.25) is 4.79 Å². The van der Waals surface area contributed by atoms with Crippen molar-refractivity contribution in [3.05, 3.63) is 47.9 Å². The Morgan fingerprint density at radius 2 is 2.04 bits per heavy atom. The summed E-state index contributed by atoms with van der Waals surface area (Å²) in [7, 11) is 0. The standard InChI is InChI=1S/C17H17F4N3O2/c1-2-3-13(22)16(25)24-11-5-6-14(12(18)8-11)26-15-7-4-10(9-23-15)17(19,20)21/h4-9,13H,2-3,22H2,1H3,(H,24,25). The molecular formula is C17H17F4N3O2. The number of nitrogens with one attached hydrogen (secondary N) is 1. The zero-order chi connectivity index (χ0) is 19.3. The monoisotopic (exact) mass is 371 g/mol. The van der Waals surface area contributed by atoms with Crippen molar-refractivity contribution in [1.29, 1.82) is 0 Å². The molecule has 26 heavy (non-hydrogen) atoms. The Morgan fingerprint density at radius 1 is 1.31 bits per heavy atom. The quantitative estimate of drug-likeness (QED) is 0.750. The second-order valence-corrected chi connectivity index (χ2v) is 5.51. The third-order valence-electron chi connectivity index (χ3n) is 3.41. The maximum absolute atomic E-state index is 14.1. The van der Waals surface area contributed by atoms with E-state index in [1.54, 1.807) is 0 Å². The van der Waals surface area contributed by atoms with Gasteiger partial charge in [-0.2, -0.15) is 13.2 Å². The third-order valence-corrected chi connectivity index (χ3v) is 3.41. The van der Waals surface area contributed by atoms with Crippen LogP contribution in [0.25, 0.3) is 0 Å². The second kappa shape index (κ2) is 8.13. The summed E-state index contributed by atoms with van der Waals surface area (Å²) in [5, 5.41) is 2.48. The molecule has 0 aliphatic heterocycles. The topological polar surface area (TPSA) is 77.2 Å². The number of alkyl halides is 3. The van der Waals surface area contributed by atoms with Crippen LogP contribution >= 0.6 is 0 Å². The zero-order valence-corrected chi connectivity index (χ0v) is 13.8. The summed E-state index contributed by atoms with van der Waals surface area (Å²) in [4.78, 5) is 15.3. The first-order valence-corrected chi connectivity index (χ1v) is 7.77. The number of amides is 1. The van der Waals surface area contributed by atoms with Crippen molar-refractivity contribution >= 4 is 11.6 Å². The van der Waals surface area contributed by atoms with E-state index in [-0.39, 0.29) is 17.3 Å². The highest BCUT2D eigenvalue weighted by atomic mass is 19.4. The molecule has 9 heteroatoms. The molecule has 1 atom stereocenters. The number of carbonyl (C=O) groups is 1. The Balaban J connectivity index is 2.06. The number of aromatic nitrogens is 1. The number of hydrogen-bond donors (Lipinski definition) is 2. The predicted molar refractivity (Wildman–Crippen MR) is 87.2 cm³/mol. The fourth-order valence-corrected chi connectivity index (χ4v) is 2.06. The number of rotatable bonds is 6. The van der Waals surface area contributed by atoms with Crippen molar-refractivity contribution in [1.82, 2.24) is 4.98 Å². The van der Waals surface area contributed by atoms with Gasteiger partial charge in [-0.1, -0.05) is 13.3 Å². The SMILES string of the molecule is CCCC(N)C(=O)Nc1ccc(Oc2ccc(C(F)(F)F)cn2)c(F)c1. The van der Waals surface area contributed by atoms with E-state index in [0.29, 0.717) is 12.6 Å². The van der Waals surface area contributed by atoms with Crippen LogP contribution in [0.15, 0.2) is 36.5 Å². The summed E-state index contributed by atoms with van der Waals surface area (Å²) in [6.07, 6.45) is -2.70. The van der Waals surface area contributed by atoms with Crippen LogP contribution in [-0.4, -0.2) is 16.9 Å². The van der Waals surface area contributed by atoms with Crippen molar-refractivity contribution < 1.29 is 27.1 Å². The summed E-state index contributed by atoms with van der Waals surface area (Å²) >= 11 is 0. The minimum atomic E-state index is -4.52. The van der Waals surface area contributed by atoms with E-state index in [9.17, 15) is 22.4 Å². The van der Waals surface area contributed by atoms with Crippen LogP contribution in [0.2, 0.25) is 0 Å². The highest BCUT2D eigenvalue weighted by Gasteiger charge is 2.30. The second-order valence-electron chi connectivity index (χ2n) is 5.51. The highest BCUT2D eigenvalue weighted by Crippen LogP contribution is 2.31. The molecule has 1 unspecified atom stereocenters. The Kier molecular flexibility index (Phi) is 6.14. The van der Waals surface area contributed by atoms with Crippen molar-refractivity contribution in [2.45, 2.75) is 32.0 Å². The number of benzene rings is 1. The maximum atomic E-state index is 14.1. The van der Waals surface area contributed by atoms with Crippen LogP contribution in [0, 0.1) is 5.82 Å². The molecule has 0 saturated heterocycles. The fraction of sp³-hybridized carbons (Fsp3) is 0.294. The number of carbonyl (C=O) groups excluding carboxylic acids is 1. The number of pyridine rings is 1. The fourth-order valence-electron chi connectivity index (χ4n) is 2.06. The van der Waals surface area contributed by atoms with Gasteiger partial charge in [-0.05, 0) is 24.6 Å². The van der Waals surface area contributed by atoms with Crippen molar-refractivity contribution in [3.63, 3.8) is 0 Å². The van der Waals surface area contributed by atoms with Gasteiger partial charge in [0.2, 0.25) is 11.8 Å². The van der Waals surface area contributed by atoms with Crippen LogP contribution in [-0.2, 0) is 11.0 Å². The molecule has 0 saturated carbocycles. The van der Waals surface area contributed by atoms with Crippen LogP contribution in [0.5, 0.6) is 11.6 Å². The van der Waals surface area contributed by atoms with E-state index in [0.717, 1.165) is 24.6 Å². The molecule has 2 rings (SSSR count). The molecular weight excluding hydrogens is 354 g/mol. The van der Waals surface area contributed by atoms with Gasteiger partial charge in [0, 0.05) is 24.0 Å². The van der Waals surface area contributed by atoms with E-state index >= 15 is 0 Å². The number of halogens is 4. The highest BCUT2D eigenvalue weighted by molar-refractivity contribution is 5.94. The minimum Gasteiger partial charge on any atom is -0.436 e. The van der Waals surface area contributed by atoms with Gasteiger partial charge in [-0.15, -0.1) is 0 Å². The lowest BCUT2D eigenvalue weighted by atomic mass is 10.1. The molecule has 140 valence electrons. The van der Waals surface area contributed by atoms with Crippen molar-refractivity contribution in [3.8, 4) is 11.6 Å². The summed E-state index contributed by atoms with van der Waals surface area (Å²) in [5.41, 5.74) is 4.92. The van der Waals surface area contributed by atoms with Crippen molar-refractivity contribution in [2.75, 3.05) is 5.32 Å². The summed E-state index contributed by atoms with van der Waals surface area (Å²) in [6, 6.07) is 4.71. The van der Waals surface area contributed by atoms with Crippen LogP contribution in [0.3, 0.4) is 0 Å². The predicted octanol–water partition coefficient (Wildman–Crippen LogP) is 4.10. The molecule has 0 bridgehead atoms. The molecule has 1 aromatic heterocycles. The minimum absolute atomic E-state index is 0.187. The summed E-state index contributed by atoms with van der Waals surface area (Å²) in [6.45, 7) is 1.88. The lowest BCUT2D eigenvalue weighted by Crippen LogP contribution is -2.35. The first kappa shape index (κ1) is 19.6. The third kappa shape index (κ3) is 5.16. The number of nitrogens with zero attached hydrogens (tertiary/aromatic N) is 1. The van der Waals surface area contributed by atoms with Crippen LogP contribution in [0.1, 0.15) is 25.3 Å². The molecule has 1 aromatic carbocycles. The Morgan fingerprint density at radius 3 is 2.58 bits per heavy atom. The molecule has 1 amide bonds. The van der Waals surface area contributed by atoms with Gasteiger partial charge in [0.05, 0.1) is 11.6 Å². The van der Waals surface area contributed by atoms with Gasteiger partial charge in [0.25, 0.3) is 0 Å². The molecule has 0 aliphatic rings. The van der Waals surface area contributed by atoms with E-state index in [1.165, 1.54) is 12.1 Å². The normalized spacial score (nSPS) is 12.5. The van der Waals surface area contributed by atoms with Gasteiger partial charge in [-0.25, -0.2) is 9.37 Å². The van der Waals surface area contributed by atoms with E-state index in [4.69, 9.17) is 10.5 Å². The molecule has 0 fully saturated rings. The molecule has 3 N–H and O–H groups in total. The first-order chi connectivity index (χ1) is 12.2. The van der Waals surface area contributed by atoms with Crippen molar-refractivity contribution in [2.24, 2.45) is 5.73 Å². The molecule has 2 aromatic rings. The molecule has 5 nitrogen and oxygen atoms in total. The first-order valence-electron chi connectivity index (χ1n) is 7.77. The van der Waals surface area contributed by atoms with Crippen LogP contribution in [0.4, 0.5) is 23.2 Å². The average Bonchev–Trinajstić information content (AvgIpc) is 2.57. The van der Waals surface area contributed by atoms with Gasteiger partial charge in [0.15, 0.2) is 11.6 Å². The Labute approximate surface area is 147 Å². The largest absolute Gasteiger partial charge is 0.436 e. The average molecular weight is 371 g/mol. The maximum Gasteiger partial charge on any atom is 0.417 e. The number of anilines is 1. The molecule has 1 heterocycles. The van der Waals surface area contributed by atoms with Gasteiger partial charge in [0.1, 0.15) is 0 Å². The number of ether oxygens (including phenoxy) is 1. The van der Waals surface area contributed by atoms with E-state index < -0.39 is 29.5 Å². The lowest BCUT2D eigenvalue weighted by Gasteiger charge is -2.12. The van der Waals surface area contributed by atoms with E-state index in [1.807, 2.05) is 6.92 Å². The van der Waals surface area contributed by atoms with Gasteiger partial charge < -0.3 is 15.8 Å². The smallest absolute Gasteiger partial charge is 0.417 e. The van der Waals surface area contributed by atoms with Gasteiger partial charge >= 0.3 is 6.18 Å². The summed E-state index contributed by atoms with van der Waals surface area (Å²) < 4.78 is 56.7. The van der Waals surface area contributed by atoms with E-state index in [2.05, 4.69) is 10.3 Å². The Hall–Kier alpha value is -2.68. The summed E-state index contributed by atoms with van der Waals surface area (Å²) in [5.74, 6) is -1.69. The lowest BCUT2D eigenvalue weighted by molar-refractivity contribution is -0.137. The molecule has 0 radical (unpaired) electrons. The Bertz CT molecular complexity index is 764. The number of hydrogen-bond acceptors (Lipinski definition) is 4.